The van der Waals surface area contributed by atoms with Crippen LogP contribution in [0.5, 0.6) is 11.5 Å². The molecule has 0 spiro atoms. The summed E-state index contributed by atoms with van der Waals surface area (Å²) in [5.74, 6) is -7.33. The van der Waals surface area contributed by atoms with E-state index >= 15 is 0 Å². The number of aliphatic carboxylic acids is 3. The molecule has 0 saturated heterocycles. The van der Waals surface area contributed by atoms with Crippen molar-refractivity contribution in [1.82, 2.24) is 10.2 Å². The zero-order valence-electron chi connectivity index (χ0n) is 31.2. The van der Waals surface area contributed by atoms with Crippen molar-refractivity contribution >= 4 is 64.6 Å². The number of amides is 3. The number of rotatable bonds is 13. The van der Waals surface area contributed by atoms with E-state index in [-0.39, 0.29) is 41.5 Å². The lowest BCUT2D eigenvalue weighted by molar-refractivity contribution is -0.153. The highest BCUT2D eigenvalue weighted by atomic mass is 35.5. The normalized spacial score (nSPS) is 13.8. The van der Waals surface area contributed by atoms with E-state index in [1.165, 1.54) is 19.1 Å². The summed E-state index contributed by atoms with van der Waals surface area (Å²) in [5, 5.41) is 42.3. The fourth-order valence-electron chi connectivity index (χ4n) is 5.68. The highest BCUT2D eigenvalue weighted by Crippen LogP contribution is 2.35. The van der Waals surface area contributed by atoms with Crippen LogP contribution in [0.15, 0.2) is 54.6 Å². The van der Waals surface area contributed by atoms with Gasteiger partial charge in [-0.25, -0.2) is 14.4 Å². The number of ether oxygens (including phenoxy) is 3. The molecular formula is C38H40ClN5O13. The Balaban J connectivity index is 0.000000353. The SMILES string of the molecule is CCOC(=O)[C@H](CCc1ccccc1)N[C@@H](C)C(=O)N1Cc2cc(OC)c(OC)cc2C[C@H]1C(=O)O.N#Cc1cc(NC(=O)C(=O)O)c(Cl)c(NC(=O)C(=O)O)c1. The third-order valence-electron chi connectivity index (χ3n) is 8.45. The van der Waals surface area contributed by atoms with Crippen LogP contribution in [0.25, 0.3) is 0 Å². The number of esters is 1. The number of aryl methyl sites for hydroxylation is 1. The number of methoxy groups -OCH3 is 2. The van der Waals surface area contributed by atoms with Crippen molar-refractivity contribution in [3.63, 3.8) is 0 Å². The molecule has 3 aromatic carbocycles. The maximum absolute atomic E-state index is 13.5. The Kier molecular flexibility index (Phi) is 16.3. The topological polar surface area (TPSA) is 271 Å². The molecule has 3 atom stereocenters. The van der Waals surface area contributed by atoms with E-state index in [1.807, 2.05) is 41.0 Å². The molecule has 0 fully saturated rings. The monoisotopic (exact) mass is 809 g/mol. The quantitative estimate of drug-likeness (QED) is 0.107. The van der Waals surface area contributed by atoms with Crippen LogP contribution in [0.3, 0.4) is 0 Å². The zero-order chi connectivity index (χ0) is 42.4. The zero-order valence-corrected chi connectivity index (χ0v) is 31.9. The van der Waals surface area contributed by atoms with Gasteiger partial charge >= 0.3 is 35.7 Å². The van der Waals surface area contributed by atoms with Crippen molar-refractivity contribution < 1.29 is 63.1 Å². The molecule has 3 aromatic rings. The Hall–Kier alpha value is -6.71. The molecule has 4 rings (SSSR count). The number of halogens is 1. The van der Waals surface area contributed by atoms with Gasteiger partial charge < -0.3 is 45.1 Å². The molecule has 1 heterocycles. The van der Waals surface area contributed by atoms with Crippen LogP contribution in [-0.4, -0.2) is 101 Å². The van der Waals surface area contributed by atoms with E-state index in [2.05, 4.69) is 5.32 Å². The largest absolute Gasteiger partial charge is 0.493 e. The first kappa shape index (κ1) is 44.7. The van der Waals surface area contributed by atoms with Gasteiger partial charge in [-0.15, -0.1) is 0 Å². The fourth-order valence-corrected chi connectivity index (χ4v) is 5.88. The van der Waals surface area contributed by atoms with Gasteiger partial charge in [-0.3, -0.25) is 24.5 Å². The molecule has 302 valence electrons. The minimum absolute atomic E-state index is 0.0826. The van der Waals surface area contributed by atoms with E-state index in [4.69, 9.17) is 41.3 Å². The Labute approximate surface area is 331 Å². The average molecular weight is 810 g/mol. The maximum Gasteiger partial charge on any atom is 0.394 e. The summed E-state index contributed by atoms with van der Waals surface area (Å²) in [4.78, 5) is 82.6. The van der Waals surface area contributed by atoms with Crippen LogP contribution in [0.4, 0.5) is 11.4 Å². The first-order valence-corrected chi connectivity index (χ1v) is 17.5. The molecule has 1 aliphatic heterocycles. The molecule has 0 bridgehead atoms. The molecule has 3 amide bonds. The maximum atomic E-state index is 13.5. The molecule has 0 aliphatic carbocycles. The number of carboxylic acid groups (broad SMARTS) is 3. The van der Waals surface area contributed by atoms with Crippen LogP contribution in [-0.2, 0) is 57.7 Å². The number of anilines is 2. The lowest BCUT2D eigenvalue weighted by Gasteiger charge is -2.37. The molecule has 6 N–H and O–H groups in total. The summed E-state index contributed by atoms with van der Waals surface area (Å²) < 4.78 is 15.9. The summed E-state index contributed by atoms with van der Waals surface area (Å²) in [6.07, 6.45) is 1.19. The summed E-state index contributed by atoms with van der Waals surface area (Å²) >= 11 is 5.81. The van der Waals surface area contributed by atoms with Crippen molar-refractivity contribution in [2.45, 2.75) is 57.8 Å². The minimum Gasteiger partial charge on any atom is -0.493 e. The van der Waals surface area contributed by atoms with E-state index in [9.17, 15) is 38.7 Å². The predicted molar refractivity (Wildman–Crippen MR) is 202 cm³/mol. The van der Waals surface area contributed by atoms with Gasteiger partial charge in [0.2, 0.25) is 5.91 Å². The highest BCUT2D eigenvalue weighted by molar-refractivity contribution is 6.42. The number of hydrogen-bond donors (Lipinski definition) is 6. The smallest absolute Gasteiger partial charge is 0.394 e. The number of hydrogen-bond acceptors (Lipinski definition) is 12. The molecule has 1 aliphatic rings. The molecule has 57 heavy (non-hydrogen) atoms. The summed E-state index contributed by atoms with van der Waals surface area (Å²) in [5.41, 5.74) is 2.04. The van der Waals surface area contributed by atoms with Gasteiger partial charge in [-0.1, -0.05) is 41.9 Å². The predicted octanol–water partition coefficient (Wildman–Crippen LogP) is 2.84. The summed E-state index contributed by atoms with van der Waals surface area (Å²) in [7, 11) is 3.04. The van der Waals surface area contributed by atoms with Gasteiger partial charge in [-0.05, 0) is 67.6 Å². The number of carbonyl (C=O) groups is 7. The first-order chi connectivity index (χ1) is 27.0. The van der Waals surface area contributed by atoms with Crippen LogP contribution < -0.4 is 25.4 Å². The Bertz CT molecular complexity index is 2010. The second kappa shape index (κ2) is 20.8. The van der Waals surface area contributed by atoms with E-state index < -0.39 is 59.7 Å². The Morgan fingerprint density at radius 1 is 0.895 bits per heavy atom. The van der Waals surface area contributed by atoms with Gasteiger partial charge in [0.1, 0.15) is 12.1 Å². The van der Waals surface area contributed by atoms with Crippen LogP contribution in [0.2, 0.25) is 5.02 Å². The number of nitriles is 1. The van der Waals surface area contributed by atoms with Crippen molar-refractivity contribution in [3.8, 4) is 17.6 Å². The molecule has 19 heteroatoms. The highest BCUT2D eigenvalue weighted by Gasteiger charge is 2.38. The molecule has 0 unspecified atom stereocenters. The second-order valence-electron chi connectivity index (χ2n) is 12.2. The van der Waals surface area contributed by atoms with Gasteiger partial charge in [0.15, 0.2) is 11.5 Å². The Morgan fingerprint density at radius 2 is 1.44 bits per heavy atom. The third kappa shape index (κ3) is 12.1. The third-order valence-corrected chi connectivity index (χ3v) is 8.86. The van der Waals surface area contributed by atoms with Crippen LogP contribution >= 0.6 is 11.6 Å². The van der Waals surface area contributed by atoms with Crippen molar-refractivity contribution in [1.29, 1.82) is 5.26 Å². The number of benzene rings is 3. The molecule has 0 saturated carbocycles. The van der Waals surface area contributed by atoms with Crippen molar-refractivity contribution in [2.24, 2.45) is 0 Å². The molecular weight excluding hydrogens is 770 g/mol. The Morgan fingerprint density at radius 3 is 1.91 bits per heavy atom. The number of nitrogens with one attached hydrogen (secondary N) is 3. The van der Waals surface area contributed by atoms with E-state index in [0.717, 1.165) is 28.8 Å². The number of carboxylic acids is 3. The second-order valence-corrected chi connectivity index (χ2v) is 12.6. The molecule has 0 aromatic heterocycles. The molecule has 18 nitrogen and oxygen atoms in total. The lowest BCUT2D eigenvalue weighted by Crippen LogP contribution is -2.56. The van der Waals surface area contributed by atoms with Crippen LogP contribution in [0, 0.1) is 11.3 Å². The van der Waals surface area contributed by atoms with E-state index in [0.29, 0.717) is 24.3 Å². The van der Waals surface area contributed by atoms with Gasteiger partial charge in [0.25, 0.3) is 0 Å². The number of nitrogens with zero attached hydrogens (tertiary/aromatic N) is 2. The van der Waals surface area contributed by atoms with Crippen molar-refractivity contribution in [3.05, 3.63) is 81.9 Å². The standard InChI is InChI=1S/C27H34N2O7.C11H6ClN3O6/c1-5-36-27(33)21(12-11-18-9-7-6-8-10-18)28-17(2)25(30)29-16-20-15-24(35-4)23(34-3)14-19(20)13-22(29)26(31)32;12-7-5(14-8(16)10(18)19)1-4(3-13)2-6(7)15-9(17)11(20)21/h6-10,14-15,17,21-22,28H,5,11-13,16H2,1-4H3,(H,31,32);1-2H,(H,14,16)(H,15,17)(H,18,19)(H,20,21)/t17-,21-,22-;/m0./s1. The van der Waals surface area contributed by atoms with E-state index in [1.54, 1.807) is 32.0 Å². The van der Waals surface area contributed by atoms with Gasteiger partial charge in [0.05, 0.1) is 54.9 Å². The summed E-state index contributed by atoms with van der Waals surface area (Å²) in [6, 6.07) is 14.5. The lowest BCUT2D eigenvalue weighted by atomic mass is 9.92. The average Bonchev–Trinajstić information content (AvgIpc) is 3.19. The fraction of sp³-hybridized carbons (Fsp3) is 0.316. The van der Waals surface area contributed by atoms with Gasteiger partial charge in [0, 0.05) is 13.0 Å². The summed E-state index contributed by atoms with van der Waals surface area (Å²) in [6.45, 7) is 3.69. The van der Waals surface area contributed by atoms with Crippen LogP contribution in [0.1, 0.15) is 42.5 Å². The minimum atomic E-state index is -1.79. The number of carbonyl (C=O) groups excluding carboxylic acids is 4. The molecule has 0 radical (unpaired) electrons. The number of fused-ring (bicyclic) bond motifs is 1. The first-order valence-electron chi connectivity index (χ1n) is 17.1. The van der Waals surface area contributed by atoms with Crippen molar-refractivity contribution in [2.75, 3.05) is 31.5 Å². The van der Waals surface area contributed by atoms with Gasteiger partial charge in [-0.2, -0.15) is 5.26 Å².